The largest absolute Gasteiger partial charge is 0.490 e. The van der Waals surface area contributed by atoms with Crippen LogP contribution in [-0.2, 0) is 36.4 Å². The summed E-state index contributed by atoms with van der Waals surface area (Å²) in [6, 6.07) is 12.6. The number of hydrogen-bond acceptors (Lipinski definition) is 8. The van der Waals surface area contributed by atoms with E-state index < -0.39 is 48.2 Å². The average molecular weight is 728 g/mol. The van der Waals surface area contributed by atoms with Gasteiger partial charge in [-0.15, -0.1) is 0 Å². The lowest BCUT2D eigenvalue weighted by atomic mass is 9.91. The van der Waals surface area contributed by atoms with Crippen LogP contribution in [0.4, 0.5) is 4.79 Å². The molecule has 0 radical (unpaired) electrons. The van der Waals surface area contributed by atoms with Gasteiger partial charge in [-0.05, 0) is 74.7 Å². The second-order valence-corrected chi connectivity index (χ2v) is 21.1. The Morgan fingerprint density at radius 3 is 2.29 bits per heavy atom. The summed E-state index contributed by atoms with van der Waals surface area (Å²) in [5, 5.41) is 2.91. The number of nitrogens with one attached hydrogen (secondary N) is 1. The number of rotatable bonds is 11. The van der Waals surface area contributed by atoms with E-state index in [1.165, 1.54) is 0 Å². The highest BCUT2D eigenvalue weighted by Crippen LogP contribution is 2.39. The molecule has 1 aliphatic rings. The van der Waals surface area contributed by atoms with Crippen LogP contribution < -0.4 is 10.1 Å². The van der Waals surface area contributed by atoms with Gasteiger partial charge in [-0.25, -0.2) is 4.79 Å². The van der Waals surface area contributed by atoms with Gasteiger partial charge in [0.05, 0.1) is 24.0 Å². The molecule has 0 aliphatic carbocycles. The van der Waals surface area contributed by atoms with E-state index in [1.54, 1.807) is 23.1 Å². The monoisotopic (exact) mass is 726 g/mol. The van der Waals surface area contributed by atoms with Crippen LogP contribution in [0.25, 0.3) is 0 Å². The van der Waals surface area contributed by atoms with Crippen molar-refractivity contribution in [1.29, 1.82) is 0 Å². The summed E-state index contributed by atoms with van der Waals surface area (Å²) in [5.41, 5.74) is 1.75. The minimum atomic E-state index is -3.62. The van der Waals surface area contributed by atoms with Crippen molar-refractivity contribution in [3.8, 4) is 5.75 Å². The minimum Gasteiger partial charge on any atom is -0.490 e. The van der Waals surface area contributed by atoms with Crippen molar-refractivity contribution in [3.05, 3.63) is 63.6 Å². The molecular formula is C32H47BrN2O8SSi. The van der Waals surface area contributed by atoms with E-state index >= 15 is 0 Å². The standard InChI is InChI=1S/C32H47BrN2O8SSi/c1-31(2,3)42-30(37)35-21-23-13-11-10-12-22(23)18-26(35)28(43-45(8,9)32(4,5)6)20-34-29(36)25-15-14-24(33)19-27(25)40-16-17-41-44(7,38)39/h10-15,19,26,28H,16-18,20-21H2,1-9H3,(H,34,36)/t26-,28+/m0/s1. The predicted molar refractivity (Wildman–Crippen MR) is 181 cm³/mol. The molecule has 250 valence electrons. The lowest BCUT2D eigenvalue weighted by Gasteiger charge is -2.46. The van der Waals surface area contributed by atoms with Gasteiger partial charge in [0.2, 0.25) is 0 Å². The molecule has 1 aliphatic heterocycles. The van der Waals surface area contributed by atoms with Crippen LogP contribution >= 0.6 is 15.9 Å². The Kier molecular flexibility index (Phi) is 12.0. The first-order valence-corrected chi connectivity index (χ1v) is 20.5. The topological polar surface area (TPSA) is 120 Å². The molecule has 1 heterocycles. The van der Waals surface area contributed by atoms with Crippen LogP contribution in [0.5, 0.6) is 5.75 Å². The molecule has 0 bridgehead atoms. The summed E-state index contributed by atoms with van der Waals surface area (Å²) in [6.45, 7) is 16.5. The van der Waals surface area contributed by atoms with E-state index in [4.69, 9.17) is 18.1 Å². The Balaban J connectivity index is 1.93. The lowest BCUT2D eigenvalue weighted by Crippen LogP contribution is -2.58. The highest BCUT2D eigenvalue weighted by Gasteiger charge is 2.44. The number of amides is 2. The molecule has 0 unspecified atom stereocenters. The maximum absolute atomic E-state index is 13.6. The van der Waals surface area contributed by atoms with Gasteiger partial charge in [0.15, 0.2) is 8.32 Å². The summed E-state index contributed by atoms with van der Waals surface area (Å²) in [7, 11) is -6.01. The highest BCUT2D eigenvalue weighted by molar-refractivity contribution is 9.10. The van der Waals surface area contributed by atoms with Gasteiger partial charge in [-0.2, -0.15) is 8.42 Å². The van der Waals surface area contributed by atoms with Crippen molar-refractivity contribution in [2.24, 2.45) is 0 Å². The maximum Gasteiger partial charge on any atom is 0.410 e. The molecule has 3 rings (SSSR count). The fraction of sp³-hybridized carbons (Fsp3) is 0.562. The second kappa shape index (κ2) is 14.5. The Hall–Kier alpha value is -2.45. The van der Waals surface area contributed by atoms with Crippen molar-refractivity contribution < 1.29 is 36.1 Å². The highest BCUT2D eigenvalue weighted by atomic mass is 79.9. The molecule has 0 aromatic heterocycles. The van der Waals surface area contributed by atoms with Crippen molar-refractivity contribution in [2.75, 3.05) is 26.0 Å². The third kappa shape index (κ3) is 10.8. The van der Waals surface area contributed by atoms with Crippen LogP contribution in [0.2, 0.25) is 18.1 Å². The van der Waals surface area contributed by atoms with E-state index in [1.807, 2.05) is 39.0 Å². The van der Waals surface area contributed by atoms with Crippen LogP contribution in [0, 0.1) is 0 Å². The maximum atomic E-state index is 13.6. The van der Waals surface area contributed by atoms with Crippen LogP contribution in [0.1, 0.15) is 63.0 Å². The zero-order valence-electron chi connectivity index (χ0n) is 27.7. The van der Waals surface area contributed by atoms with Gasteiger partial charge >= 0.3 is 6.09 Å². The molecule has 0 fully saturated rings. The summed E-state index contributed by atoms with van der Waals surface area (Å²) in [6.07, 6.45) is 0.524. The second-order valence-electron chi connectivity index (χ2n) is 13.8. The number of hydrogen-bond donors (Lipinski definition) is 1. The molecular weight excluding hydrogens is 680 g/mol. The van der Waals surface area contributed by atoms with E-state index in [9.17, 15) is 18.0 Å². The molecule has 0 saturated carbocycles. The molecule has 0 saturated heterocycles. The van der Waals surface area contributed by atoms with E-state index in [-0.39, 0.29) is 36.1 Å². The molecule has 2 atom stereocenters. The number of ether oxygens (including phenoxy) is 2. The summed E-state index contributed by atoms with van der Waals surface area (Å²) in [4.78, 5) is 29.0. The molecule has 1 N–H and O–H groups in total. The van der Waals surface area contributed by atoms with Crippen molar-refractivity contribution in [1.82, 2.24) is 10.2 Å². The smallest absolute Gasteiger partial charge is 0.410 e. The number of fused-ring (bicyclic) bond motifs is 1. The predicted octanol–water partition coefficient (Wildman–Crippen LogP) is 6.29. The van der Waals surface area contributed by atoms with Crippen LogP contribution in [0.3, 0.4) is 0 Å². The zero-order chi connectivity index (χ0) is 33.8. The first-order valence-electron chi connectivity index (χ1n) is 15.0. The molecule has 0 spiro atoms. The summed E-state index contributed by atoms with van der Waals surface area (Å²) >= 11 is 3.40. The molecule has 2 aromatic rings. The quantitative estimate of drug-likeness (QED) is 0.163. The number of carbonyl (C=O) groups excluding carboxylic acids is 2. The van der Waals surface area contributed by atoms with Gasteiger partial charge < -0.3 is 19.2 Å². The Bertz CT molecular complexity index is 1470. The average Bonchev–Trinajstić information content (AvgIpc) is 2.90. The third-order valence-electron chi connectivity index (χ3n) is 7.89. The molecule has 10 nitrogen and oxygen atoms in total. The van der Waals surface area contributed by atoms with Gasteiger partial charge in [0.25, 0.3) is 16.0 Å². The Labute approximate surface area is 277 Å². The number of halogens is 1. The van der Waals surface area contributed by atoms with E-state index in [2.05, 4.69) is 61.2 Å². The van der Waals surface area contributed by atoms with Gasteiger partial charge in [-0.1, -0.05) is 61.0 Å². The molecule has 45 heavy (non-hydrogen) atoms. The molecule has 2 amide bonds. The van der Waals surface area contributed by atoms with Crippen molar-refractivity contribution in [2.45, 2.75) is 90.4 Å². The zero-order valence-corrected chi connectivity index (χ0v) is 31.1. The molecule has 13 heteroatoms. The lowest BCUT2D eigenvalue weighted by molar-refractivity contribution is -0.00881. The van der Waals surface area contributed by atoms with Gasteiger partial charge in [0, 0.05) is 17.6 Å². The molecule has 2 aromatic carbocycles. The first kappa shape index (κ1) is 37.0. The Morgan fingerprint density at radius 1 is 1.04 bits per heavy atom. The Morgan fingerprint density at radius 2 is 1.69 bits per heavy atom. The third-order valence-corrected chi connectivity index (χ3v) is 13.5. The normalized spacial score (nSPS) is 16.5. The SMILES string of the molecule is CC(C)(C)OC(=O)N1Cc2ccccc2C[C@H]1[C@@H](CNC(=O)c1ccc(Br)cc1OCCOS(C)(=O)=O)O[Si](C)(C)C(C)(C)C. The summed E-state index contributed by atoms with van der Waals surface area (Å²) < 4.78 is 46.7. The number of benzene rings is 2. The number of nitrogens with zero attached hydrogens (tertiary/aromatic N) is 1. The van der Waals surface area contributed by atoms with Gasteiger partial charge in [0.1, 0.15) is 24.6 Å². The fourth-order valence-corrected chi connectivity index (χ4v) is 6.70. The summed E-state index contributed by atoms with van der Waals surface area (Å²) in [5.74, 6) is -0.131. The van der Waals surface area contributed by atoms with Gasteiger partial charge in [-0.3, -0.25) is 13.9 Å². The van der Waals surface area contributed by atoms with Crippen LogP contribution in [-0.4, -0.2) is 77.4 Å². The first-order chi connectivity index (χ1) is 20.7. The van der Waals surface area contributed by atoms with Crippen molar-refractivity contribution >= 4 is 46.4 Å². The minimum absolute atomic E-state index is 0.0761. The van der Waals surface area contributed by atoms with E-state index in [0.29, 0.717) is 17.4 Å². The van der Waals surface area contributed by atoms with Crippen LogP contribution in [0.15, 0.2) is 46.9 Å². The number of carbonyl (C=O) groups is 2. The van der Waals surface area contributed by atoms with E-state index in [0.717, 1.165) is 17.4 Å². The fourth-order valence-electron chi connectivity index (χ4n) is 4.64. The van der Waals surface area contributed by atoms with Crippen molar-refractivity contribution in [3.63, 3.8) is 0 Å².